The van der Waals surface area contributed by atoms with E-state index in [4.69, 9.17) is 5.11 Å². The van der Waals surface area contributed by atoms with Crippen LogP contribution >= 0.6 is 12.4 Å². The number of aromatic carboxylic acids is 1. The molecule has 0 aromatic carbocycles. The van der Waals surface area contributed by atoms with Gasteiger partial charge in [-0.15, -0.1) is 12.4 Å². The maximum absolute atomic E-state index is 10.6. The predicted octanol–water partition coefficient (Wildman–Crippen LogP) is 1.99. The molecule has 0 fully saturated rings. The van der Waals surface area contributed by atoms with Crippen LogP contribution in [-0.4, -0.2) is 20.6 Å². The van der Waals surface area contributed by atoms with E-state index >= 15 is 0 Å². The Balaban J connectivity index is 0.00000112. The average molecular weight is 225 g/mol. The normalized spacial score (nSPS) is 9.33. The fourth-order valence-electron chi connectivity index (χ4n) is 1.15. The third-order valence-electron chi connectivity index (χ3n) is 1.86. The van der Waals surface area contributed by atoms with Gasteiger partial charge < -0.3 is 9.67 Å². The lowest BCUT2D eigenvalue weighted by atomic mass is 10.3. The molecule has 0 atom stereocenters. The van der Waals surface area contributed by atoms with Crippen molar-refractivity contribution in [3.8, 4) is 5.82 Å². The number of pyridine rings is 1. The van der Waals surface area contributed by atoms with Crippen molar-refractivity contribution in [2.75, 3.05) is 0 Å². The van der Waals surface area contributed by atoms with Gasteiger partial charge in [0.05, 0.1) is 5.56 Å². The van der Waals surface area contributed by atoms with Crippen molar-refractivity contribution < 1.29 is 9.90 Å². The number of nitrogens with zero attached hydrogens (tertiary/aromatic N) is 2. The first-order valence-electron chi connectivity index (χ1n) is 4.10. The molecule has 0 saturated heterocycles. The van der Waals surface area contributed by atoms with Gasteiger partial charge in [-0.1, -0.05) is 0 Å². The Morgan fingerprint density at radius 2 is 1.93 bits per heavy atom. The number of rotatable bonds is 2. The first kappa shape index (κ1) is 11.3. The van der Waals surface area contributed by atoms with E-state index < -0.39 is 5.97 Å². The Labute approximate surface area is 92.6 Å². The molecule has 78 valence electrons. The molecule has 0 spiro atoms. The molecular formula is C10H9ClN2O2. The maximum Gasteiger partial charge on any atom is 0.337 e. The average Bonchev–Trinajstić information content (AvgIpc) is 2.71. The number of carboxylic acids is 1. The van der Waals surface area contributed by atoms with Crippen LogP contribution in [0.2, 0.25) is 0 Å². The Kier molecular flexibility index (Phi) is 3.46. The number of aromatic nitrogens is 2. The molecule has 4 nitrogen and oxygen atoms in total. The van der Waals surface area contributed by atoms with E-state index in [1.54, 1.807) is 6.07 Å². The third kappa shape index (κ3) is 2.35. The van der Waals surface area contributed by atoms with Crippen LogP contribution in [0.4, 0.5) is 0 Å². The second-order valence-electron chi connectivity index (χ2n) is 2.80. The van der Waals surface area contributed by atoms with Crippen molar-refractivity contribution in [2.24, 2.45) is 0 Å². The zero-order valence-corrected chi connectivity index (χ0v) is 8.52. The molecule has 2 aromatic heterocycles. The van der Waals surface area contributed by atoms with Gasteiger partial charge in [-0.05, 0) is 24.3 Å². The Hall–Kier alpha value is -1.81. The molecule has 0 radical (unpaired) electrons. The van der Waals surface area contributed by atoms with E-state index in [2.05, 4.69) is 4.98 Å². The van der Waals surface area contributed by atoms with Gasteiger partial charge in [0.25, 0.3) is 0 Å². The largest absolute Gasteiger partial charge is 0.478 e. The first-order chi connectivity index (χ1) is 6.77. The highest BCUT2D eigenvalue weighted by molar-refractivity contribution is 5.87. The molecule has 15 heavy (non-hydrogen) atoms. The maximum atomic E-state index is 10.6. The lowest BCUT2D eigenvalue weighted by Crippen LogP contribution is -1.99. The van der Waals surface area contributed by atoms with E-state index in [-0.39, 0.29) is 18.0 Å². The fourth-order valence-corrected chi connectivity index (χ4v) is 1.15. The zero-order valence-electron chi connectivity index (χ0n) is 7.70. The highest BCUT2D eigenvalue weighted by atomic mass is 35.5. The van der Waals surface area contributed by atoms with E-state index in [1.165, 1.54) is 12.3 Å². The minimum absolute atomic E-state index is 0. The van der Waals surface area contributed by atoms with Gasteiger partial charge >= 0.3 is 5.97 Å². The van der Waals surface area contributed by atoms with Crippen molar-refractivity contribution in [1.82, 2.24) is 9.55 Å². The van der Waals surface area contributed by atoms with Crippen LogP contribution in [0, 0.1) is 0 Å². The Morgan fingerprint density at radius 1 is 1.27 bits per heavy atom. The summed E-state index contributed by atoms with van der Waals surface area (Å²) in [5.41, 5.74) is 0.195. The molecule has 5 heteroatoms. The lowest BCUT2D eigenvalue weighted by Gasteiger charge is -2.00. The van der Waals surface area contributed by atoms with Crippen LogP contribution in [0.3, 0.4) is 0 Å². The fraction of sp³-hybridized carbons (Fsp3) is 0. The zero-order chi connectivity index (χ0) is 9.97. The standard InChI is InChI=1S/C10H8N2O2.ClH/c13-10(14)8-3-4-9(11-7-8)12-5-1-2-6-12;/h1-7H,(H,13,14);1H. The van der Waals surface area contributed by atoms with Gasteiger partial charge in [-0.25, -0.2) is 9.78 Å². The SMILES string of the molecule is Cl.O=C(O)c1ccc(-n2cccc2)nc1. The predicted molar refractivity (Wildman–Crippen MR) is 57.8 cm³/mol. The summed E-state index contributed by atoms with van der Waals surface area (Å²) in [5.74, 6) is -0.253. The minimum Gasteiger partial charge on any atom is -0.478 e. The van der Waals surface area contributed by atoms with Crippen LogP contribution in [0.5, 0.6) is 0 Å². The van der Waals surface area contributed by atoms with Crippen LogP contribution in [-0.2, 0) is 0 Å². The third-order valence-corrected chi connectivity index (χ3v) is 1.86. The van der Waals surface area contributed by atoms with E-state index in [0.29, 0.717) is 5.82 Å². The molecule has 0 aliphatic heterocycles. The molecular weight excluding hydrogens is 216 g/mol. The van der Waals surface area contributed by atoms with Gasteiger partial charge in [0.2, 0.25) is 0 Å². The smallest absolute Gasteiger partial charge is 0.337 e. The highest BCUT2D eigenvalue weighted by Crippen LogP contribution is 2.05. The van der Waals surface area contributed by atoms with Gasteiger partial charge in [0, 0.05) is 18.6 Å². The van der Waals surface area contributed by atoms with E-state index in [0.717, 1.165) is 0 Å². The minimum atomic E-state index is -0.962. The molecule has 0 unspecified atom stereocenters. The summed E-state index contributed by atoms with van der Waals surface area (Å²) in [4.78, 5) is 14.6. The van der Waals surface area contributed by atoms with Gasteiger partial charge in [-0.3, -0.25) is 0 Å². The van der Waals surface area contributed by atoms with E-state index in [9.17, 15) is 4.79 Å². The van der Waals surface area contributed by atoms with Crippen molar-refractivity contribution >= 4 is 18.4 Å². The number of hydrogen-bond acceptors (Lipinski definition) is 2. The monoisotopic (exact) mass is 224 g/mol. The second kappa shape index (κ2) is 4.61. The van der Waals surface area contributed by atoms with Gasteiger partial charge in [0.15, 0.2) is 0 Å². The van der Waals surface area contributed by atoms with Crippen LogP contribution in [0.15, 0.2) is 42.9 Å². The number of halogens is 1. The Morgan fingerprint density at radius 3 is 2.40 bits per heavy atom. The summed E-state index contributed by atoms with van der Waals surface area (Å²) in [6.07, 6.45) is 5.04. The van der Waals surface area contributed by atoms with Crippen LogP contribution < -0.4 is 0 Å². The van der Waals surface area contributed by atoms with Gasteiger partial charge in [0.1, 0.15) is 5.82 Å². The summed E-state index contributed by atoms with van der Waals surface area (Å²) in [7, 11) is 0. The summed E-state index contributed by atoms with van der Waals surface area (Å²) in [6.45, 7) is 0. The molecule has 0 aliphatic rings. The topological polar surface area (TPSA) is 55.1 Å². The Bertz CT molecular complexity index is 437. The van der Waals surface area contributed by atoms with Crippen molar-refractivity contribution in [2.45, 2.75) is 0 Å². The van der Waals surface area contributed by atoms with E-state index in [1.807, 2.05) is 29.1 Å². The molecule has 1 N–H and O–H groups in total. The summed E-state index contributed by atoms with van der Waals surface area (Å²) < 4.78 is 1.81. The molecule has 2 rings (SSSR count). The summed E-state index contributed by atoms with van der Waals surface area (Å²) in [5, 5.41) is 8.66. The highest BCUT2D eigenvalue weighted by Gasteiger charge is 2.02. The van der Waals surface area contributed by atoms with Gasteiger partial charge in [-0.2, -0.15) is 0 Å². The number of carboxylic acid groups (broad SMARTS) is 1. The summed E-state index contributed by atoms with van der Waals surface area (Å²) in [6, 6.07) is 6.97. The first-order valence-corrected chi connectivity index (χ1v) is 4.10. The second-order valence-corrected chi connectivity index (χ2v) is 2.80. The number of hydrogen-bond donors (Lipinski definition) is 1. The molecule has 2 heterocycles. The number of carbonyl (C=O) groups is 1. The quantitative estimate of drug-likeness (QED) is 0.849. The van der Waals surface area contributed by atoms with Crippen LogP contribution in [0.25, 0.3) is 5.82 Å². The molecule has 0 amide bonds. The lowest BCUT2D eigenvalue weighted by molar-refractivity contribution is 0.0696. The van der Waals surface area contributed by atoms with Crippen molar-refractivity contribution in [1.29, 1.82) is 0 Å². The molecule has 0 aliphatic carbocycles. The molecule has 0 bridgehead atoms. The van der Waals surface area contributed by atoms with Crippen molar-refractivity contribution in [3.63, 3.8) is 0 Å². The summed E-state index contributed by atoms with van der Waals surface area (Å²) >= 11 is 0. The molecule has 2 aromatic rings. The van der Waals surface area contributed by atoms with Crippen molar-refractivity contribution in [3.05, 3.63) is 48.4 Å². The van der Waals surface area contributed by atoms with Crippen LogP contribution in [0.1, 0.15) is 10.4 Å². The molecule has 0 saturated carbocycles.